The highest BCUT2D eigenvalue weighted by atomic mass is 16.5. The molecule has 0 saturated carbocycles. The Kier molecular flexibility index (Phi) is 10.1. The van der Waals surface area contributed by atoms with E-state index in [2.05, 4.69) is 4.74 Å². The highest BCUT2D eigenvalue weighted by molar-refractivity contribution is 5.92. The molecule has 0 N–H and O–H groups in total. The Bertz CT molecular complexity index is 598. The third-order valence-corrected chi connectivity index (χ3v) is 3.66. The lowest BCUT2D eigenvalue weighted by Gasteiger charge is -2.21. The lowest BCUT2D eigenvalue weighted by molar-refractivity contribution is -0.141. The second kappa shape index (κ2) is 12.1. The van der Waals surface area contributed by atoms with Crippen LogP contribution in [0.25, 0.3) is 6.08 Å². The van der Waals surface area contributed by atoms with E-state index in [0.717, 1.165) is 11.3 Å². The maximum absolute atomic E-state index is 12.5. The first-order chi connectivity index (χ1) is 12.5. The summed E-state index contributed by atoms with van der Waals surface area (Å²) >= 11 is 0. The van der Waals surface area contributed by atoms with Crippen LogP contribution < -0.4 is 4.74 Å². The van der Waals surface area contributed by atoms with Gasteiger partial charge in [0.2, 0.25) is 5.91 Å². The molecule has 0 radical (unpaired) electrons. The second-order valence-electron chi connectivity index (χ2n) is 6.03. The van der Waals surface area contributed by atoms with Gasteiger partial charge in [-0.3, -0.25) is 9.59 Å². The molecule has 1 rings (SSSR count). The number of carbonyl (C=O) groups excluding carboxylic acids is 2. The number of carbonyl (C=O) groups is 2. The third-order valence-electron chi connectivity index (χ3n) is 3.66. The Morgan fingerprint density at radius 1 is 1.19 bits per heavy atom. The van der Waals surface area contributed by atoms with Crippen molar-refractivity contribution in [2.75, 3.05) is 33.9 Å². The molecule has 1 aromatic carbocycles. The number of hydrogen-bond acceptors (Lipinski definition) is 5. The molecular weight excluding hydrogens is 334 g/mol. The number of hydrogen-bond donors (Lipinski definition) is 0. The molecule has 6 heteroatoms. The predicted molar refractivity (Wildman–Crippen MR) is 101 cm³/mol. The van der Waals surface area contributed by atoms with Crippen molar-refractivity contribution in [3.8, 4) is 5.75 Å². The quantitative estimate of drug-likeness (QED) is 0.344. The minimum Gasteiger partial charge on any atom is -0.497 e. The first-order valence-corrected chi connectivity index (χ1v) is 8.75. The molecule has 0 saturated heterocycles. The SMILES string of the molecule is COC(=O)CCN(CCCOC(C)C)C(=O)/C=C/c1cccc(OC)c1. The molecule has 6 nitrogen and oxygen atoms in total. The van der Waals surface area contributed by atoms with E-state index in [-0.39, 0.29) is 24.4 Å². The fourth-order valence-corrected chi connectivity index (χ4v) is 2.25. The molecule has 0 unspecified atom stereocenters. The third kappa shape index (κ3) is 8.67. The standard InChI is InChI=1S/C20H29NO5/c1-16(2)26-14-6-12-21(13-11-20(23)25-4)19(22)10-9-17-7-5-8-18(15-17)24-3/h5,7-10,15-16H,6,11-14H2,1-4H3/b10-9+. The van der Waals surface area contributed by atoms with Crippen LogP contribution in [0.4, 0.5) is 0 Å². The smallest absolute Gasteiger partial charge is 0.307 e. The topological polar surface area (TPSA) is 65.1 Å². The summed E-state index contributed by atoms with van der Waals surface area (Å²) in [7, 11) is 2.94. The molecule has 1 aromatic rings. The maximum atomic E-state index is 12.5. The van der Waals surface area contributed by atoms with Crippen molar-refractivity contribution < 1.29 is 23.8 Å². The number of nitrogens with zero attached hydrogens (tertiary/aromatic N) is 1. The molecule has 0 atom stereocenters. The average molecular weight is 363 g/mol. The van der Waals surface area contributed by atoms with Gasteiger partial charge in [0.25, 0.3) is 0 Å². The predicted octanol–water partition coefficient (Wildman–Crippen LogP) is 2.92. The van der Waals surface area contributed by atoms with Crippen LogP contribution in [0.3, 0.4) is 0 Å². The Hall–Kier alpha value is -2.34. The van der Waals surface area contributed by atoms with Gasteiger partial charge in [-0.2, -0.15) is 0 Å². The van der Waals surface area contributed by atoms with Crippen molar-refractivity contribution in [2.24, 2.45) is 0 Å². The Balaban J connectivity index is 2.67. The summed E-state index contributed by atoms with van der Waals surface area (Å²) in [5, 5.41) is 0. The number of rotatable bonds is 11. The van der Waals surface area contributed by atoms with E-state index in [4.69, 9.17) is 9.47 Å². The zero-order valence-electron chi connectivity index (χ0n) is 16.1. The zero-order chi connectivity index (χ0) is 19.4. The van der Waals surface area contributed by atoms with Crippen molar-refractivity contribution in [1.29, 1.82) is 0 Å². The van der Waals surface area contributed by atoms with Gasteiger partial charge < -0.3 is 19.1 Å². The summed E-state index contributed by atoms with van der Waals surface area (Å²) in [6.07, 6.45) is 4.27. The van der Waals surface area contributed by atoms with Crippen LogP contribution in [0.15, 0.2) is 30.3 Å². The van der Waals surface area contributed by atoms with Crippen LogP contribution in [0.2, 0.25) is 0 Å². The molecule has 144 valence electrons. The summed E-state index contributed by atoms with van der Waals surface area (Å²) in [6, 6.07) is 7.44. The normalized spacial score (nSPS) is 11.0. The highest BCUT2D eigenvalue weighted by Crippen LogP contribution is 2.14. The van der Waals surface area contributed by atoms with Gasteiger partial charge in [-0.05, 0) is 44.0 Å². The Labute approximate surface area is 155 Å². The number of esters is 1. The fraction of sp³-hybridized carbons (Fsp3) is 0.500. The minimum atomic E-state index is -0.335. The van der Waals surface area contributed by atoms with Crippen LogP contribution in [-0.2, 0) is 19.1 Å². The van der Waals surface area contributed by atoms with Gasteiger partial charge >= 0.3 is 5.97 Å². The first-order valence-electron chi connectivity index (χ1n) is 8.75. The Morgan fingerprint density at radius 2 is 1.96 bits per heavy atom. The van der Waals surface area contributed by atoms with Crippen molar-refractivity contribution in [2.45, 2.75) is 32.8 Å². The summed E-state index contributed by atoms with van der Waals surface area (Å²) in [6.45, 7) is 5.34. The summed E-state index contributed by atoms with van der Waals surface area (Å²) in [5.74, 6) is 0.243. The van der Waals surface area contributed by atoms with Crippen LogP contribution in [0.5, 0.6) is 5.75 Å². The molecular formula is C20H29NO5. The zero-order valence-corrected chi connectivity index (χ0v) is 16.1. The lowest BCUT2D eigenvalue weighted by Crippen LogP contribution is -2.33. The van der Waals surface area contributed by atoms with Gasteiger partial charge in [0.1, 0.15) is 5.75 Å². The van der Waals surface area contributed by atoms with Gasteiger partial charge in [0, 0.05) is 25.8 Å². The van der Waals surface area contributed by atoms with Crippen molar-refractivity contribution >= 4 is 18.0 Å². The Morgan fingerprint density at radius 3 is 2.62 bits per heavy atom. The van der Waals surface area contributed by atoms with Crippen LogP contribution >= 0.6 is 0 Å². The summed E-state index contributed by atoms with van der Waals surface area (Å²) in [4.78, 5) is 25.5. The van der Waals surface area contributed by atoms with Gasteiger partial charge in [-0.25, -0.2) is 0 Å². The van der Waals surface area contributed by atoms with E-state index in [1.54, 1.807) is 18.1 Å². The highest BCUT2D eigenvalue weighted by Gasteiger charge is 2.13. The van der Waals surface area contributed by atoms with Crippen LogP contribution in [0.1, 0.15) is 32.3 Å². The van der Waals surface area contributed by atoms with E-state index in [0.29, 0.717) is 26.1 Å². The number of ether oxygens (including phenoxy) is 3. The largest absolute Gasteiger partial charge is 0.497 e. The number of amides is 1. The molecule has 0 heterocycles. The average Bonchev–Trinajstić information content (AvgIpc) is 2.65. The van der Waals surface area contributed by atoms with Gasteiger partial charge in [-0.1, -0.05) is 12.1 Å². The fourth-order valence-electron chi connectivity index (χ4n) is 2.25. The van der Waals surface area contributed by atoms with E-state index >= 15 is 0 Å². The summed E-state index contributed by atoms with van der Waals surface area (Å²) in [5.41, 5.74) is 0.869. The molecule has 0 aromatic heterocycles. The molecule has 0 spiro atoms. The molecule has 0 fully saturated rings. The molecule has 0 aliphatic heterocycles. The number of benzene rings is 1. The van der Waals surface area contributed by atoms with Crippen LogP contribution in [-0.4, -0.2) is 56.8 Å². The van der Waals surface area contributed by atoms with E-state index in [1.807, 2.05) is 38.1 Å². The van der Waals surface area contributed by atoms with Gasteiger partial charge in [0.05, 0.1) is 26.7 Å². The van der Waals surface area contributed by atoms with E-state index in [1.165, 1.54) is 13.2 Å². The second-order valence-corrected chi connectivity index (χ2v) is 6.03. The first kappa shape index (κ1) is 21.7. The molecule has 0 bridgehead atoms. The molecule has 0 aliphatic carbocycles. The van der Waals surface area contributed by atoms with Crippen molar-refractivity contribution in [3.05, 3.63) is 35.9 Å². The minimum absolute atomic E-state index is 0.152. The van der Waals surface area contributed by atoms with Crippen LogP contribution in [0, 0.1) is 0 Å². The molecule has 0 aliphatic rings. The molecule has 26 heavy (non-hydrogen) atoms. The van der Waals surface area contributed by atoms with Gasteiger partial charge in [0.15, 0.2) is 0 Å². The van der Waals surface area contributed by atoms with Crippen molar-refractivity contribution in [1.82, 2.24) is 4.90 Å². The lowest BCUT2D eigenvalue weighted by atomic mass is 10.2. The summed E-state index contributed by atoms with van der Waals surface area (Å²) < 4.78 is 15.3. The van der Waals surface area contributed by atoms with E-state index in [9.17, 15) is 9.59 Å². The van der Waals surface area contributed by atoms with E-state index < -0.39 is 0 Å². The molecule has 1 amide bonds. The van der Waals surface area contributed by atoms with Crippen molar-refractivity contribution in [3.63, 3.8) is 0 Å². The van der Waals surface area contributed by atoms with Gasteiger partial charge in [-0.15, -0.1) is 0 Å². The maximum Gasteiger partial charge on any atom is 0.307 e. The number of methoxy groups -OCH3 is 2. The monoisotopic (exact) mass is 363 g/mol.